The van der Waals surface area contributed by atoms with Crippen LogP contribution in [-0.4, -0.2) is 5.29 Å². The zero-order valence-corrected chi connectivity index (χ0v) is 5.40. The first kappa shape index (κ1) is 8.17. The molecule has 0 aromatic rings. The van der Waals surface area contributed by atoms with Gasteiger partial charge < -0.3 is 5.73 Å². The Bertz CT molecular complexity index is 158. The Labute approximate surface area is 57.5 Å². The van der Waals surface area contributed by atoms with Crippen molar-refractivity contribution < 1.29 is 4.39 Å². The number of nitrogens with zero attached hydrogens (tertiary/aromatic N) is 1. The van der Waals surface area contributed by atoms with E-state index < -0.39 is 5.83 Å². The van der Waals surface area contributed by atoms with Crippen LogP contribution in [0.4, 0.5) is 4.39 Å². The predicted molar refractivity (Wildman–Crippen MR) is 36.9 cm³/mol. The number of hydrogen-bond donors (Lipinski definition) is 1. The van der Waals surface area contributed by atoms with Gasteiger partial charge in [0.05, 0.1) is 6.20 Å². The smallest absolute Gasteiger partial charge is 0.193 e. The van der Waals surface area contributed by atoms with E-state index in [0.29, 0.717) is 0 Å². The number of hydrogen-bond acceptors (Lipinski definition) is 1. The second kappa shape index (κ2) is 4.09. The van der Waals surface area contributed by atoms with Gasteiger partial charge in [0.25, 0.3) is 0 Å². The van der Waals surface area contributed by atoms with Crippen molar-refractivity contribution in [3.63, 3.8) is 0 Å². The average molecular weight is 149 g/mol. The predicted octanol–water partition coefficient (Wildman–Crippen LogP) is 1.54. The Morgan fingerprint density at radius 1 is 1.78 bits per heavy atom. The maximum Gasteiger partial charge on any atom is 0.193 e. The topological polar surface area (TPSA) is 38.4 Å². The SMILES string of the molecule is C=C/C(F)=C\N=C(N)Cl. The third-order valence-corrected chi connectivity index (χ3v) is 0.604. The summed E-state index contributed by atoms with van der Waals surface area (Å²) in [4.78, 5) is 3.25. The fourth-order valence-corrected chi connectivity index (χ4v) is 0.225. The quantitative estimate of drug-likeness (QED) is 0.274. The summed E-state index contributed by atoms with van der Waals surface area (Å²) in [5, 5.41) is -0.202. The molecule has 2 N–H and O–H groups in total. The molecule has 0 saturated heterocycles. The lowest BCUT2D eigenvalue weighted by atomic mass is 10.6. The highest BCUT2D eigenvalue weighted by molar-refractivity contribution is 6.64. The first-order valence-electron chi connectivity index (χ1n) is 2.13. The fraction of sp³-hybridized carbons (Fsp3) is 0. The van der Waals surface area contributed by atoms with E-state index in [0.717, 1.165) is 12.3 Å². The first-order valence-corrected chi connectivity index (χ1v) is 2.51. The summed E-state index contributed by atoms with van der Waals surface area (Å²) in [5.41, 5.74) is 4.87. The maximum absolute atomic E-state index is 12.0. The van der Waals surface area contributed by atoms with Crippen LogP contribution in [0, 0.1) is 0 Å². The molecule has 0 fully saturated rings. The largest absolute Gasteiger partial charge is 0.374 e. The van der Waals surface area contributed by atoms with E-state index in [1.54, 1.807) is 0 Å². The zero-order valence-electron chi connectivity index (χ0n) is 4.64. The van der Waals surface area contributed by atoms with Gasteiger partial charge in [0.15, 0.2) is 5.29 Å². The number of allylic oxidation sites excluding steroid dienone is 2. The normalized spacial score (nSPS) is 13.6. The molecule has 0 bridgehead atoms. The number of rotatable bonds is 2. The van der Waals surface area contributed by atoms with Crippen molar-refractivity contribution in [2.24, 2.45) is 10.7 Å². The van der Waals surface area contributed by atoms with Gasteiger partial charge in [0, 0.05) is 0 Å². The van der Waals surface area contributed by atoms with Crippen molar-refractivity contribution in [2.45, 2.75) is 0 Å². The van der Waals surface area contributed by atoms with E-state index in [9.17, 15) is 4.39 Å². The van der Waals surface area contributed by atoms with Crippen LogP contribution in [0.25, 0.3) is 0 Å². The average Bonchev–Trinajstić information content (AvgIpc) is 1.83. The molecule has 0 aromatic carbocycles. The van der Waals surface area contributed by atoms with Gasteiger partial charge >= 0.3 is 0 Å². The standard InChI is InChI=1S/C5H6ClFN2/c1-2-4(7)3-9-5(6)8/h2-3H,1H2,(H2,8,9)/b4-3+. The number of nitrogens with two attached hydrogens (primary N) is 1. The highest BCUT2D eigenvalue weighted by atomic mass is 35.5. The molecule has 4 heteroatoms. The minimum Gasteiger partial charge on any atom is -0.374 e. The van der Waals surface area contributed by atoms with E-state index in [1.807, 2.05) is 0 Å². The summed E-state index contributed by atoms with van der Waals surface area (Å²) in [5.74, 6) is -0.571. The van der Waals surface area contributed by atoms with Gasteiger partial charge in [-0.25, -0.2) is 9.38 Å². The van der Waals surface area contributed by atoms with Gasteiger partial charge in [-0.3, -0.25) is 0 Å². The molecule has 0 spiro atoms. The van der Waals surface area contributed by atoms with Crippen molar-refractivity contribution in [2.75, 3.05) is 0 Å². The molecule has 0 unspecified atom stereocenters. The monoisotopic (exact) mass is 148 g/mol. The van der Waals surface area contributed by atoms with Crippen LogP contribution in [-0.2, 0) is 0 Å². The molecule has 0 rings (SSSR count). The number of aliphatic imine (C=N–C) groups is 1. The molecule has 0 saturated carbocycles. The summed E-state index contributed by atoms with van der Waals surface area (Å²) in [6.07, 6.45) is 1.89. The Hall–Kier alpha value is -0.830. The lowest BCUT2D eigenvalue weighted by Gasteiger charge is -1.81. The van der Waals surface area contributed by atoms with Gasteiger partial charge in [0.1, 0.15) is 5.83 Å². The summed E-state index contributed by atoms with van der Waals surface area (Å²) in [6, 6.07) is 0. The molecule has 0 heterocycles. The van der Waals surface area contributed by atoms with Crippen LogP contribution in [0.1, 0.15) is 0 Å². The van der Waals surface area contributed by atoms with E-state index in [4.69, 9.17) is 17.3 Å². The van der Waals surface area contributed by atoms with Crippen LogP contribution in [0.2, 0.25) is 0 Å². The van der Waals surface area contributed by atoms with E-state index in [1.165, 1.54) is 0 Å². The molecule has 0 amide bonds. The lowest BCUT2D eigenvalue weighted by Crippen LogP contribution is -1.99. The summed E-state index contributed by atoms with van der Waals surface area (Å²) in [7, 11) is 0. The van der Waals surface area contributed by atoms with Crippen molar-refractivity contribution >= 4 is 16.9 Å². The Morgan fingerprint density at radius 3 is 2.67 bits per heavy atom. The van der Waals surface area contributed by atoms with Crippen LogP contribution >= 0.6 is 11.6 Å². The molecule has 9 heavy (non-hydrogen) atoms. The Balaban J connectivity index is 3.98. The van der Waals surface area contributed by atoms with Crippen LogP contribution < -0.4 is 5.73 Å². The Kier molecular flexibility index (Phi) is 3.71. The highest BCUT2D eigenvalue weighted by Crippen LogP contribution is 1.96. The lowest BCUT2D eigenvalue weighted by molar-refractivity contribution is 0.664. The van der Waals surface area contributed by atoms with Gasteiger partial charge in [-0.1, -0.05) is 6.58 Å². The Morgan fingerprint density at radius 2 is 2.33 bits per heavy atom. The second-order valence-electron chi connectivity index (χ2n) is 1.17. The van der Waals surface area contributed by atoms with Crippen molar-refractivity contribution in [3.05, 3.63) is 24.7 Å². The minimum atomic E-state index is -0.571. The first-order chi connectivity index (χ1) is 4.16. The third kappa shape index (κ3) is 5.03. The van der Waals surface area contributed by atoms with Crippen molar-refractivity contribution in [1.82, 2.24) is 0 Å². The van der Waals surface area contributed by atoms with Gasteiger partial charge in [-0.2, -0.15) is 0 Å². The minimum absolute atomic E-state index is 0.202. The van der Waals surface area contributed by atoms with Gasteiger partial charge in [0.2, 0.25) is 0 Å². The van der Waals surface area contributed by atoms with E-state index in [2.05, 4.69) is 11.6 Å². The molecule has 0 aliphatic heterocycles. The third-order valence-electron chi connectivity index (χ3n) is 0.506. The molecule has 0 aliphatic rings. The van der Waals surface area contributed by atoms with Crippen molar-refractivity contribution in [3.8, 4) is 0 Å². The summed E-state index contributed by atoms with van der Waals surface area (Å²) < 4.78 is 12.0. The molecule has 0 aliphatic carbocycles. The van der Waals surface area contributed by atoms with E-state index in [-0.39, 0.29) is 5.29 Å². The van der Waals surface area contributed by atoms with Crippen LogP contribution in [0.5, 0.6) is 0 Å². The summed E-state index contributed by atoms with van der Waals surface area (Å²) in [6.45, 7) is 3.14. The highest BCUT2D eigenvalue weighted by Gasteiger charge is 1.81. The summed E-state index contributed by atoms with van der Waals surface area (Å²) >= 11 is 5.06. The van der Waals surface area contributed by atoms with Gasteiger partial charge in [-0.05, 0) is 17.7 Å². The second-order valence-corrected chi connectivity index (χ2v) is 1.56. The molecule has 2 nitrogen and oxygen atoms in total. The van der Waals surface area contributed by atoms with E-state index >= 15 is 0 Å². The number of halogens is 2. The molecule has 0 radical (unpaired) electrons. The molecule has 0 atom stereocenters. The van der Waals surface area contributed by atoms with Gasteiger partial charge in [-0.15, -0.1) is 0 Å². The van der Waals surface area contributed by atoms with Crippen LogP contribution in [0.3, 0.4) is 0 Å². The zero-order chi connectivity index (χ0) is 7.28. The molecular weight excluding hydrogens is 143 g/mol. The molecule has 0 aromatic heterocycles. The van der Waals surface area contributed by atoms with Crippen LogP contribution in [0.15, 0.2) is 29.7 Å². The maximum atomic E-state index is 12.0. The molecular formula is C5H6ClFN2. The number of amidine groups is 1. The fourth-order valence-electron chi connectivity index (χ4n) is 0.176. The van der Waals surface area contributed by atoms with Crippen molar-refractivity contribution in [1.29, 1.82) is 0 Å². The molecule has 50 valence electrons.